The Kier molecular flexibility index (Phi) is 3.75. The Morgan fingerprint density at radius 2 is 1.83 bits per heavy atom. The first-order valence-electron chi connectivity index (χ1n) is 10.5. The molecule has 2 aliphatic rings. The Labute approximate surface area is 175 Å². The maximum absolute atomic E-state index is 13.4. The second kappa shape index (κ2) is 6.49. The number of hydrogen-bond acceptors (Lipinski definition) is 2. The standard InChI is InChI=1S/C26H23N3O/c1-17-7-6-8-18(15-17)16-29-23-12-5-3-10-21(23)26(30)28-14-13-20-19-9-2-4-11-22(19)27-24(20)25(28)29/h2-12,15,25,27H,13-14,16H2,1H3. The van der Waals surface area contributed by atoms with Crippen molar-refractivity contribution in [3.05, 3.63) is 101 Å². The van der Waals surface area contributed by atoms with Crippen molar-refractivity contribution >= 4 is 22.5 Å². The Morgan fingerprint density at radius 3 is 2.73 bits per heavy atom. The van der Waals surface area contributed by atoms with Gasteiger partial charge >= 0.3 is 0 Å². The molecule has 4 nitrogen and oxygen atoms in total. The highest BCUT2D eigenvalue weighted by atomic mass is 16.2. The molecule has 3 heterocycles. The van der Waals surface area contributed by atoms with Gasteiger partial charge in [-0.15, -0.1) is 0 Å². The summed E-state index contributed by atoms with van der Waals surface area (Å²) in [5, 5.41) is 1.27. The fourth-order valence-electron chi connectivity index (χ4n) is 5.13. The smallest absolute Gasteiger partial charge is 0.257 e. The zero-order chi connectivity index (χ0) is 20.2. The van der Waals surface area contributed by atoms with Crippen LogP contribution in [0, 0.1) is 6.92 Å². The molecule has 0 bridgehead atoms. The van der Waals surface area contributed by atoms with E-state index in [4.69, 9.17) is 0 Å². The number of aryl methyl sites for hydroxylation is 1. The van der Waals surface area contributed by atoms with Crippen molar-refractivity contribution < 1.29 is 4.79 Å². The summed E-state index contributed by atoms with van der Waals surface area (Å²) in [6.45, 7) is 3.61. The Balaban J connectivity index is 1.55. The lowest BCUT2D eigenvalue weighted by molar-refractivity contribution is 0.0625. The Morgan fingerprint density at radius 1 is 1.00 bits per heavy atom. The van der Waals surface area contributed by atoms with Gasteiger partial charge in [-0.3, -0.25) is 4.79 Å². The van der Waals surface area contributed by atoms with Gasteiger partial charge in [0.05, 0.1) is 16.9 Å². The van der Waals surface area contributed by atoms with Crippen molar-refractivity contribution in [1.29, 1.82) is 0 Å². The van der Waals surface area contributed by atoms with E-state index in [0.717, 1.165) is 42.0 Å². The normalized spacial score (nSPS) is 17.6. The molecule has 30 heavy (non-hydrogen) atoms. The topological polar surface area (TPSA) is 39.3 Å². The number of carbonyl (C=O) groups excluding carboxylic acids is 1. The number of anilines is 1. The van der Waals surface area contributed by atoms with Crippen LogP contribution >= 0.6 is 0 Å². The lowest BCUT2D eigenvalue weighted by Crippen LogP contribution is -2.52. The van der Waals surface area contributed by atoms with Gasteiger partial charge in [0.2, 0.25) is 0 Å². The molecule has 4 heteroatoms. The third kappa shape index (κ3) is 2.50. The third-order valence-electron chi connectivity index (χ3n) is 6.44. The van der Waals surface area contributed by atoms with Gasteiger partial charge in [0.1, 0.15) is 6.17 Å². The molecule has 0 saturated heterocycles. The number of fused-ring (bicyclic) bond motifs is 6. The molecule has 6 rings (SSSR count). The molecule has 4 aromatic rings. The zero-order valence-electron chi connectivity index (χ0n) is 16.9. The van der Waals surface area contributed by atoms with Crippen LogP contribution in [0.25, 0.3) is 10.9 Å². The first kappa shape index (κ1) is 17.3. The number of para-hydroxylation sites is 2. The number of aromatic nitrogens is 1. The Bertz CT molecular complexity index is 1290. The molecule has 1 N–H and O–H groups in total. The second-order valence-electron chi connectivity index (χ2n) is 8.32. The number of H-pyrrole nitrogens is 1. The Hall–Kier alpha value is -3.53. The summed E-state index contributed by atoms with van der Waals surface area (Å²) >= 11 is 0. The number of aromatic amines is 1. The van der Waals surface area contributed by atoms with Crippen LogP contribution in [0.3, 0.4) is 0 Å². The van der Waals surface area contributed by atoms with Gasteiger partial charge < -0.3 is 14.8 Å². The number of nitrogens with zero attached hydrogens (tertiary/aromatic N) is 2. The fourth-order valence-corrected chi connectivity index (χ4v) is 5.13. The fraction of sp³-hybridized carbons (Fsp3) is 0.192. The van der Waals surface area contributed by atoms with Crippen LogP contribution < -0.4 is 4.90 Å². The largest absolute Gasteiger partial charge is 0.355 e. The molecule has 1 unspecified atom stereocenters. The van der Waals surface area contributed by atoms with E-state index in [1.807, 2.05) is 23.1 Å². The SMILES string of the molecule is Cc1cccc(CN2c3ccccc3C(=O)N3CCc4c([nH]c5ccccc45)C32)c1. The van der Waals surface area contributed by atoms with Gasteiger partial charge in [-0.25, -0.2) is 0 Å². The van der Waals surface area contributed by atoms with Crippen LogP contribution in [0.1, 0.15) is 38.9 Å². The molecule has 148 valence electrons. The van der Waals surface area contributed by atoms with Gasteiger partial charge in [-0.05, 0) is 42.7 Å². The highest BCUT2D eigenvalue weighted by Crippen LogP contribution is 2.44. The van der Waals surface area contributed by atoms with E-state index in [-0.39, 0.29) is 12.1 Å². The second-order valence-corrected chi connectivity index (χ2v) is 8.32. The zero-order valence-corrected chi connectivity index (χ0v) is 16.9. The van der Waals surface area contributed by atoms with Gasteiger partial charge in [0, 0.05) is 24.0 Å². The first-order chi connectivity index (χ1) is 14.7. The van der Waals surface area contributed by atoms with E-state index >= 15 is 0 Å². The highest BCUT2D eigenvalue weighted by molar-refractivity contribution is 6.02. The maximum Gasteiger partial charge on any atom is 0.257 e. The molecule has 1 amide bonds. The molecule has 1 aromatic heterocycles. The molecule has 2 aliphatic heterocycles. The predicted octanol–water partition coefficient (Wildman–Crippen LogP) is 5.19. The minimum absolute atomic E-state index is 0.121. The van der Waals surface area contributed by atoms with Crippen LogP contribution in [-0.4, -0.2) is 22.3 Å². The number of hydrogen-bond donors (Lipinski definition) is 1. The molecule has 0 aliphatic carbocycles. The molecule has 0 fully saturated rings. The number of benzene rings is 3. The number of amides is 1. The van der Waals surface area contributed by atoms with Crippen molar-refractivity contribution in [2.24, 2.45) is 0 Å². The van der Waals surface area contributed by atoms with E-state index < -0.39 is 0 Å². The van der Waals surface area contributed by atoms with E-state index in [1.54, 1.807) is 0 Å². The van der Waals surface area contributed by atoms with Crippen LogP contribution in [0.15, 0.2) is 72.8 Å². The molecule has 0 radical (unpaired) electrons. The summed E-state index contributed by atoms with van der Waals surface area (Å²) in [5.41, 5.74) is 7.94. The first-order valence-corrected chi connectivity index (χ1v) is 10.5. The average molecular weight is 393 g/mol. The van der Waals surface area contributed by atoms with Crippen molar-refractivity contribution in [2.75, 3.05) is 11.4 Å². The van der Waals surface area contributed by atoms with Gasteiger partial charge in [-0.2, -0.15) is 0 Å². The molecular weight excluding hydrogens is 370 g/mol. The summed E-state index contributed by atoms with van der Waals surface area (Å²) in [5.74, 6) is 0.125. The van der Waals surface area contributed by atoms with E-state index in [2.05, 4.69) is 71.4 Å². The van der Waals surface area contributed by atoms with Gasteiger partial charge in [0.25, 0.3) is 5.91 Å². The van der Waals surface area contributed by atoms with Gasteiger partial charge in [0.15, 0.2) is 0 Å². The quantitative estimate of drug-likeness (QED) is 0.509. The number of nitrogens with one attached hydrogen (secondary N) is 1. The number of rotatable bonds is 2. The average Bonchev–Trinajstić information content (AvgIpc) is 3.15. The molecule has 1 atom stereocenters. The minimum Gasteiger partial charge on any atom is -0.355 e. The summed E-state index contributed by atoms with van der Waals surface area (Å²) in [7, 11) is 0. The van der Waals surface area contributed by atoms with E-state index in [9.17, 15) is 4.79 Å². The van der Waals surface area contributed by atoms with Gasteiger partial charge in [-0.1, -0.05) is 60.2 Å². The van der Waals surface area contributed by atoms with Crippen LogP contribution in [0.5, 0.6) is 0 Å². The molecule has 0 saturated carbocycles. The summed E-state index contributed by atoms with van der Waals surface area (Å²) in [6.07, 6.45) is 0.756. The molecule has 3 aromatic carbocycles. The summed E-state index contributed by atoms with van der Waals surface area (Å²) in [6, 6.07) is 25.1. The van der Waals surface area contributed by atoms with E-state index in [1.165, 1.54) is 22.1 Å². The third-order valence-corrected chi connectivity index (χ3v) is 6.44. The lowest BCUT2D eigenvalue weighted by atomic mass is 9.95. The maximum atomic E-state index is 13.4. The highest BCUT2D eigenvalue weighted by Gasteiger charge is 2.42. The van der Waals surface area contributed by atoms with E-state index in [0.29, 0.717) is 0 Å². The predicted molar refractivity (Wildman–Crippen MR) is 120 cm³/mol. The monoisotopic (exact) mass is 393 g/mol. The molecular formula is C26H23N3O. The van der Waals surface area contributed by atoms with Crippen molar-refractivity contribution in [3.8, 4) is 0 Å². The number of carbonyl (C=O) groups is 1. The van der Waals surface area contributed by atoms with Crippen molar-refractivity contribution in [2.45, 2.75) is 26.1 Å². The van der Waals surface area contributed by atoms with Crippen LogP contribution in [0.4, 0.5) is 5.69 Å². The summed E-state index contributed by atoms with van der Waals surface area (Å²) < 4.78 is 0. The van der Waals surface area contributed by atoms with Crippen molar-refractivity contribution in [1.82, 2.24) is 9.88 Å². The van der Waals surface area contributed by atoms with Crippen LogP contribution in [-0.2, 0) is 13.0 Å². The summed E-state index contributed by atoms with van der Waals surface area (Å²) in [4.78, 5) is 21.5. The molecule has 0 spiro atoms. The lowest BCUT2D eigenvalue weighted by Gasteiger charge is -2.47. The minimum atomic E-state index is -0.121. The van der Waals surface area contributed by atoms with Crippen LogP contribution in [0.2, 0.25) is 0 Å². The van der Waals surface area contributed by atoms with Crippen molar-refractivity contribution in [3.63, 3.8) is 0 Å².